The molecule has 6 heteroatoms. The summed E-state index contributed by atoms with van der Waals surface area (Å²) in [5, 5.41) is 9.61. The van der Waals surface area contributed by atoms with E-state index >= 15 is 0 Å². The molecule has 2 aliphatic heterocycles. The van der Waals surface area contributed by atoms with Gasteiger partial charge < -0.3 is 5.73 Å². The fourth-order valence-electron chi connectivity index (χ4n) is 3.06. The van der Waals surface area contributed by atoms with Crippen LogP contribution in [0.5, 0.6) is 0 Å². The maximum Gasteiger partial charge on any atom is 0.203 e. The maximum absolute atomic E-state index is 5.62. The Bertz CT molecular complexity index is 388. The summed E-state index contributed by atoms with van der Waals surface area (Å²) in [7, 11) is 0. The van der Waals surface area contributed by atoms with Gasteiger partial charge in [-0.15, -0.1) is 10.2 Å². The molecule has 0 aliphatic carbocycles. The SMILES string of the molecule is Nc1nnc(CN2CCC(N3CCCCC3)C2)s1. The Labute approximate surface area is 112 Å². The summed E-state index contributed by atoms with van der Waals surface area (Å²) in [5.41, 5.74) is 5.62. The molecule has 3 rings (SSSR count). The number of nitrogens with two attached hydrogens (primary N) is 1. The minimum absolute atomic E-state index is 0.580. The summed E-state index contributed by atoms with van der Waals surface area (Å²) in [6.45, 7) is 5.87. The number of rotatable bonds is 3. The third kappa shape index (κ3) is 2.81. The summed E-state index contributed by atoms with van der Waals surface area (Å²) < 4.78 is 0. The highest BCUT2D eigenvalue weighted by Gasteiger charge is 2.28. The van der Waals surface area contributed by atoms with E-state index < -0.39 is 0 Å². The van der Waals surface area contributed by atoms with E-state index in [0.29, 0.717) is 5.13 Å². The van der Waals surface area contributed by atoms with Crippen LogP contribution in [-0.4, -0.2) is 52.2 Å². The van der Waals surface area contributed by atoms with Gasteiger partial charge in [-0.05, 0) is 32.4 Å². The second-order valence-electron chi connectivity index (χ2n) is 5.31. The molecule has 1 unspecified atom stereocenters. The number of hydrogen-bond donors (Lipinski definition) is 1. The van der Waals surface area contributed by atoms with Crippen LogP contribution in [0.2, 0.25) is 0 Å². The number of piperidine rings is 1. The zero-order valence-electron chi connectivity index (χ0n) is 10.7. The fourth-order valence-corrected chi connectivity index (χ4v) is 3.71. The summed E-state index contributed by atoms with van der Waals surface area (Å²) in [5.74, 6) is 0. The van der Waals surface area contributed by atoms with Gasteiger partial charge in [0.2, 0.25) is 5.13 Å². The Hall–Kier alpha value is -0.720. The molecule has 3 heterocycles. The van der Waals surface area contributed by atoms with Crippen molar-refractivity contribution in [3.63, 3.8) is 0 Å². The van der Waals surface area contributed by atoms with E-state index in [0.717, 1.165) is 17.6 Å². The average Bonchev–Trinajstić information content (AvgIpc) is 3.01. The first-order chi connectivity index (χ1) is 8.81. The molecule has 2 fully saturated rings. The van der Waals surface area contributed by atoms with Gasteiger partial charge in [0.1, 0.15) is 5.01 Å². The topological polar surface area (TPSA) is 58.3 Å². The predicted octanol–water partition coefficient (Wildman–Crippen LogP) is 1.18. The van der Waals surface area contributed by atoms with Crippen molar-refractivity contribution < 1.29 is 0 Å². The van der Waals surface area contributed by atoms with Gasteiger partial charge in [-0.1, -0.05) is 17.8 Å². The Kier molecular flexibility index (Phi) is 3.77. The second-order valence-corrected chi connectivity index (χ2v) is 6.40. The average molecular weight is 267 g/mol. The molecule has 0 amide bonds. The molecule has 0 saturated carbocycles. The van der Waals surface area contributed by atoms with Crippen LogP contribution in [0.1, 0.15) is 30.7 Å². The van der Waals surface area contributed by atoms with Gasteiger partial charge in [0.25, 0.3) is 0 Å². The van der Waals surface area contributed by atoms with Crippen molar-refractivity contribution in [2.24, 2.45) is 0 Å². The summed E-state index contributed by atoms with van der Waals surface area (Å²) in [6, 6.07) is 0.760. The van der Waals surface area contributed by atoms with E-state index in [1.165, 1.54) is 63.2 Å². The molecule has 1 atom stereocenters. The molecule has 0 bridgehead atoms. The van der Waals surface area contributed by atoms with Gasteiger partial charge in [-0.25, -0.2) is 0 Å². The van der Waals surface area contributed by atoms with Gasteiger partial charge in [-0.3, -0.25) is 9.80 Å². The zero-order chi connectivity index (χ0) is 12.4. The third-order valence-electron chi connectivity index (χ3n) is 4.00. The normalized spacial score (nSPS) is 26.8. The second kappa shape index (κ2) is 5.50. The minimum atomic E-state index is 0.580. The Morgan fingerprint density at radius 3 is 2.72 bits per heavy atom. The Morgan fingerprint density at radius 1 is 1.17 bits per heavy atom. The minimum Gasteiger partial charge on any atom is -0.374 e. The van der Waals surface area contributed by atoms with Gasteiger partial charge >= 0.3 is 0 Å². The number of nitrogens with zero attached hydrogens (tertiary/aromatic N) is 4. The summed E-state index contributed by atoms with van der Waals surface area (Å²) in [4.78, 5) is 5.16. The van der Waals surface area contributed by atoms with E-state index in [1.54, 1.807) is 0 Å². The van der Waals surface area contributed by atoms with Crippen molar-refractivity contribution in [2.45, 2.75) is 38.3 Å². The molecule has 0 radical (unpaired) electrons. The van der Waals surface area contributed by atoms with Gasteiger partial charge in [0.05, 0.1) is 6.54 Å². The smallest absolute Gasteiger partial charge is 0.203 e. The quantitative estimate of drug-likeness (QED) is 0.891. The molecular weight excluding hydrogens is 246 g/mol. The number of hydrogen-bond acceptors (Lipinski definition) is 6. The van der Waals surface area contributed by atoms with Crippen molar-refractivity contribution in [1.29, 1.82) is 0 Å². The van der Waals surface area contributed by atoms with E-state index in [4.69, 9.17) is 5.73 Å². The lowest BCUT2D eigenvalue weighted by Gasteiger charge is -2.32. The van der Waals surface area contributed by atoms with Crippen molar-refractivity contribution in [3.05, 3.63) is 5.01 Å². The van der Waals surface area contributed by atoms with Gasteiger partial charge in [0, 0.05) is 19.1 Å². The molecule has 5 nitrogen and oxygen atoms in total. The maximum atomic E-state index is 5.62. The molecule has 18 heavy (non-hydrogen) atoms. The lowest BCUT2D eigenvalue weighted by Crippen LogP contribution is -2.40. The molecule has 100 valence electrons. The predicted molar refractivity (Wildman–Crippen MR) is 73.4 cm³/mol. The molecule has 2 saturated heterocycles. The molecule has 0 aromatic carbocycles. The van der Waals surface area contributed by atoms with Crippen LogP contribution in [0.4, 0.5) is 5.13 Å². The monoisotopic (exact) mass is 267 g/mol. The highest BCUT2D eigenvalue weighted by molar-refractivity contribution is 7.15. The number of aromatic nitrogens is 2. The first kappa shape index (κ1) is 12.3. The fraction of sp³-hybridized carbons (Fsp3) is 0.833. The van der Waals surface area contributed by atoms with E-state index in [-0.39, 0.29) is 0 Å². The summed E-state index contributed by atoms with van der Waals surface area (Å²) >= 11 is 1.51. The lowest BCUT2D eigenvalue weighted by atomic mass is 10.1. The zero-order valence-corrected chi connectivity index (χ0v) is 11.5. The largest absolute Gasteiger partial charge is 0.374 e. The van der Waals surface area contributed by atoms with Crippen LogP contribution >= 0.6 is 11.3 Å². The molecule has 1 aromatic rings. The van der Waals surface area contributed by atoms with E-state index in [9.17, 15) is 0 Å². The first-order valence-electron chi connectivity index (χ1n) is 6.85. The van der Waals surface area contributed by atoms with Crippen molar-refractivity contribution >= 4 is 16.5 Å². The molecular formula is C12H21N5S. The van der Waals surface area contributed by atoms with Gasteiger partial charge in [0.15, 0.2) is 0 Å². The van der Waals surface area contributed by atoms with E-state index in [2.05, 4.69) is 20.0 Å². The molecule has 1 aromatic heterocycles. The van der Waals surface area contributed by atoms with Crippen molar-refractivity contribution in [3.8, 4) is 0 Å². The Morgan fingerprint density at radius 2 is 2.00 bits per heavy atom. The van der Waals surface area contributed by atoms with E-state index in [1.807, 2.05) is 0 Å². The molecule has 0 spiro atoms. The summed E-state index contributed by atoms with van der Waals surface area (Å²) in [6.07, 6.45) is 5.47. The van der Waals surface area contributed by atoms with Crippen LogP contribution in [-0.2, 0) is 6.54 Å². The highest BCUT2D eigenvalue weighted by Crippen LogP contribution is 2.22. The number of likely N-dealkylation sites (tertiary alicyclic amines) is 2. The molecule has 2 aliphatic rings. The Balaban J connectivity index is 1.51. The third-order valence-corrected chi connectivity index (χ3v) is 4.73. The highest BCUT2D eigenvalue weighted by atomic mass is 32.1. The van der Waals surface area contributed by atoms with Gasteiger partial charge in [-0.2, -0.15) is 0 Å². The van der Waals surface area contributed by atoms with Crippen LogP contribution in [0, 0.1) is 0 Å². The van der Waals surface area contributed by atoms with Crippen LogP contribution < -0.4 is 5.73 Å². The van der Waals surface area contributed by atoms with Crippen LogP contribution in [0.3, 0.4) is 0 Å². The molecule has 2 N–H and O–H groups in total. The van der Waals surface area contributed by atoms with Crippen molar-refractivity contribution in [2.75, 3.05) is 31.9 Å². The van der Waals surface area contributed by atoms with Crippen LogP contribution in [0.15, 0.2) is 0 Å². The number of nitrogen functional groups attached to an aromatic ring is 1. The first-order valence-corrected chi connectivity index (χ1v) is 7.67. The standard InChI is InChI=1S/C12H21N5S/c13-12-15-14-11(18-12)9-16-7-4-10(8-16)17-5-2-1-3-6-17/h10H,1-9H2,(H2,13,15). The van der Waals surface area contributed by atoms with Crippen LogP contribution in [0.25, 0.3) is 0 Å². The lowest BCUT2D eigenvalue weighted by molar-refractivity contribution is 0.161. The van der Waals surface area contributed by atoms with Crippen molar-refractivity contribution in [1.82, 2.24) is 20.0 Å². The number of anilines is 1.